The van der Waals surface area contributed by atoms with Crippen molar-refractivity contribution >= 4 is 18.3 Å². The number of anilines is 1. The van der Waals surface area contributed by atoms with Gasteiger partial charge in [-0.25, -0.2) is 0 Å². The van der Waals surface area contributed by atoms with E-state index < -0.39 is 7.12 Å². The Bertz CT molecular complexity index is 333. The molecule has 0 bridgehead atoms. The highest BCUT2D eigenvalue weighted by Crippen LogP contribution is 2.02. The van der Waals surface area contributed by atoms with Crippen LogP contribution in [0, 0.1) is 11.3 Å². The first kappa shape index (κ1) is 8.59. The number of nitriles is 1. The van der Waals surface area contributed by atoms with Gasteiger partial charge in [0.2, 0.25) is 0 Å². The summed E-state index contributed by atoms with van der Waals surface area (Å²) in [6.07, 6.45) is 0. The van der Waals surface area contributed by atoms with Crippen LogP contribution >= 0.6 is 0 Å². The van der Waals surface area contributed by atoms with E-state index >= 15 is 0 Å². The number of nitrogens with two attached hydrogens (primary N) is 1. The summed E-state index contributed by atoms with van der Waals surface area (Å²) in [7, 11) is -1.63. The van der Waals surface area contributed by atoms with Gasteiger partial charge in [-0.15, -0.1) is 0 Å². The van der Waals surface area contributed by atoms with Crippen LogP contribution in [0.4, 0.5) is 5.69 Å². The van der Waals surface area contributed by atoms with E-state index in [-0.39, 0.29) is 11.2 Å². The maximum Gasteiger partial charge on any atom is 0.490 e. The van der Waals surface area contributed by atoms with Crippen LogP contribution in [-0.4, -0.2) is 17.2 Å². The van der Waals surface area contributed by atoms with E-state index in [4.69, 9.17) is 21.0 Å². The summed E-state index contributed by atoms with van der Waals surface area (Å²) in [6, 6.07) is 6.20. The molecule has 4 nitrogen and oxygen atoms in total. The van der Waals surface area contributed by atoms with Gasteiger partial charge in [-0.3, -0.25) is 0 Å². The fourth-order valence-electron chi connectivity index (χ4n) is 0.868. The third kappa shape index (κ3) is 1.56. The van der Waals surface area contributed by atoms with Gasteiger partial charge in [0.05, 0.1) is 11.6 Å². The first-order chi connectivity index (χ1) is 5.65. The summed E-state index contributed by atoms with van der Waals surface area (Å²) >= 11 is 0. The molecule has 0 fully saturated rings. The van der Waals surface area contributed by atoms with Gasteiger partial charge in [0.15, 0.2) is 0 Å². The van der Waals surface area contributed by atoms with Crippen molar-refractivity contribution in [2.75, 3.05) is 5.73 Å². The number of hydrogen-bond donors (Lipinski definition) is 3. The number of benzene rings is 1. The predicted molar refractivity (Wildman–Crippen MR) is 45.4 cm³/mol. The molecule has 0 spiro atoms. The first-order valence-electron chi connectivity index (χ1n) is 3.31. The number of hydrogen-bond acceptors (Lipinski definition) is 4. The zero-order valence-corrected chi connectivity index (χ0v) is 6.23. The average molecular weight is 162 g/mol. The van der Waals surface area contributed by atoms with Gasteiger partial charge < -0.3 is 15.8 Å². The molecule has 0 aliphatic heterocycles. The van der Waals surface area contributed by atoms with E-state index in [1.54, 1.807) is 0 Å². The Morgan fingerprint density at radius 2 is 2.08 bits per heavy atom. The van der Waals surface area contributed by atoms with Gasteiger partial charge in [0.25, 0.3) is 0 Å². The largest absolute Gasteiger partial charge is 0.490 e. The van der Waals surface area contributed by atoms with Crippen LogP contribution in [0.15, 0.2) is 18.2 Å². The smallest absolute Gasteiger partial charge is 0.423 e. The molecule has 0 heterocycles. The molecule has 0 aliphatic rings. The molecule has 60 valence electrons. The lowest BCUT2D eigenvalue weighted by atomic mass is 9.78. The number of rotatable bonds is 1. The summed E-state index contributed by atoms with van der Waals surface area (Å²) in [5.74, 6) is 0. The minimum atomic E-state index is -1.63. The molecule has 0 aromatic heterocycles. The van der Waals surface area contributed by atoms with Crippen LogP contribution in [0.1, 0.15) is 5.56 Å². The van der Waals surface area contributed by atoms with E-state index in [2.05, 4.69) is 0 Å². The highest BCUT2D eigenvalue weighted by Gasteiger charge is 2.14. The summed E-state index contributed by atoms with van der Waals surface area (Å²) in [4.78, 5) is 0. The van der Waals surface area contributed by atoms with Crippen LogP contribution in [0.3, 0.4) is 0 Å². The van der Waals surface area contributed by atoms with Crippen LogP contribution in [0.5, 0.6) is 0 Å². The summed E-state index contributed by atoms with van der Waals surface area (Å²) in [6.45, 7) is 0. The lowest BCUT2D eigenvalue weighted by Gasteiger charge is -2.03. The molecule has 5 heteroatoms. The Hall–Kier alpha value is -1.51. The minimum absolute atomic E-state index is 0.161. The molecule has 0 aliphatic carbocycles. The lowest BCUT2D eigenvalue weighted by Crippen LogP contribution is -2.32. The second-order valence-corrected chi connectivity index (χ2v) is 2.33. The molecule has 1 aromatic carbocycles. The van der Waals surface area contributed by atoms with Crippen molar-refractivity contribution in [3.8, 4) is 6.07 Å². The lowest BCUT2D eigenvalue weighted by molar-refractivity contribution is 0.426. The van der Waals surface area contributed by atoms with Crippen LogP contribution in [0.2, 0.25) is 0 Å². The van der Waals surface area contributed by atoms with E-state index in [0.717, 1.165) is 0 Å². The van der Waals surface area contributed by atoms with E-state index in [1.807, 2.05) is 6.07 Å². The third-order valence-electron chi connectivity index (χ3n) is 1.49. The zero-order valence-electron chi connectivity index (χ0n) is 6.23. The van der Waals surface area contributed by atoms with Crippen LogP contribution < -0.4 is 11.2 Å². The normalized spacial score (nSPS) is 9.08. The molecule has 0 atom stereocenters. The molecule has 12 heavy (non-hydrogen) atoms. The Labute approximate surface area is 70.0 Å². The van der Waals surface area contributed by atoms with E-state index in [1.165, 1.54) is 18.2 Å². The Kier molecular flexibility index (Phi) is 2.33. The van der Waals surface area contributed by atoms with Crippen molar-refractivity contribution in [2.45, 2.75) is 0 Å². The summed E-state index contributed by atoms with van der Waals surface area (Å²) in [5, 5.41) is 26.1. The second-order valence-electron chi connectivity index (χ2n) is 2.33. The van der Waals surface area contributed by atoms with Gasteiger partial charge in [0, 0.05) is 11.2 Å². The maximum atomic E-state index is 8.79. The topological polar surface area (TPSA) is 90.3 Å². The second kappa shape index (κ2) is 3.26. The van der Waals surface area contributed by atoms with E-state index in [0.29, 0.717) is 5.56 Å². The monoisotopic (exact) mass is 162 g/mol. The van der Waals surface area contributed by atoms with Crippen LogP contribution in [0.25, 0.3) is 0 Å². The van der Waals surface area contributed by atoms with Gasteiger partial charge in [-0.1, -0.05) is 0 Å². The van der Waals surface area contributed by atoms with Crippen LogP contribution in [-0.2, 0) is 0 Å². The number of nitrogen functional groups attached to an aromatic ring is 1. The molecule has 0 amide bonds. The molecular weight excluding hydrogens is 155 g/mol. The van der Waals surface area contributed by atoms with Gasteiger partial charge >= 0.3 is 7.12 Å². The van der Waals surface area contributed by atoms with Gasteiger partial charge in [0.1, 0.15) is 0 Å². The standard InChI is InChI=1S/C7H7BN2O2/c9-4-5-1-2-7(10)6(3-5)8(11)12/h1-3,11-12H,10H2. The predicted octanol–water partition coefficient (Wildman–Crippen LogP) is -1.18. The zero-order chi connectivity index (χ0) is 9.14. The highest BCUT2D eigenvalue weighted by molar-refractivity contribution is 6.60. The third-order valence-corrected chi connectivity index (χ3v) is 1.49. The molecular formula is C7H7BN2O2. The fourth-order valence-corrected chi connectivity index (χ4v) is 0.868. The maximum absolute atomic E-state index is 8.79. The Balaban J connectivity index is 3.19. The highest BCUT2D eigenvalue weighted by atomic mass is 16.4. The Morgan fingerprint density at radius 1 is 1.42 bits per heavy atom. The van der Waals surface area contributed by atoms with Crippen molar-refractivity contribution in [2.24, 2.45) is 0 Å². The van der Waals surface area contributed by atoms with Crippen molar-refractivity contribution < 1.29 is 10.0 Å². The average Bonchev–Trinajstić information content (AvgIpc) is 2.05. The molecule has 1 rings (SSSR count). The molecule has 1 aromatic rings. The van der Waals surface area contributed by atoms with Gasteiger partial charge in [-0.05, 0) is 18.2 Å². The van der Waals surface area contributed by atoms with Gasteiger partial charge in [-0.2, -0.15) is 5.26 Å². The minimum Gasteiger partial charge on any atom is -0.423 e. The fraction of sp³-hybridized carbons (Fsp3) is 0. The molecule has 0 radical (unpaired) electrons. The first-order valence-corrected chi connectivity index (χ1v) is 3.31. The van der Waals surface area contributed by atoms with Crippen molar-refractivity contribution in [1.82, 2.24) is 0 Å². The van der Waals surface area contributed by atoms with E-state index in [9.17, 15) is 0 Å². The molecule has 4 N–H and O–H groups in total. The molecule has 0 saturated heterocycles. The Morgan fingerprint density at radius 3 is 2.58 bits per heavy atom. The SMILES string of the molecule is N#Cc1ccc(N)c(B(O)O)c1. The van der Waals surface area contributed by atoms with Crippen molar-refractivity contribution in [3.63, 3.8) is 0 Å². The molecule has 0 unspecified atom stereocenters. The quantitative estimate of drug-likeness (QED) is 0.358. The summed E-state index contributed by atoms with van der Waals surface area (Å²) < 4.78 is 0. The summed E-state index contributed by atoms with van der Waals surface area (Å²) in [5.41, 5.74) is 6.20. The van der Waals surface area contributed by atoms with Crippen molar-refractivity contribution in [1.29, 1.82) is 5.26 Å². The number of nitrogens with zero attached hydrogens (tertiary/aromatic N) is 1. The molecule has 0 saturated carbocycles. The van der Waals surface area contributed by atoms with Crippen molar-refractivity contribution in [3.05, 3.63) is 23.8 Å².